The lowest BCUT2D eigenvalue weighted by atomic mass is 9.54. The van der Waals surface area contributed by atoms with Gasteiger partial charge in [0.25, 0.3) is 0 Å². The van der Waals surface area contributed by atoms with Crippen LogP contribution in [0.2, 0.25) is 0 Å². The van der Waals surface area contributed by atoms with Crippen molar-refractivity contribution in [3.63, 3.8) is 0 Å². The van der Waals surface area contributed by atoms with Crippen LogP contribution in [0.5, 0.6) is 11.5 Å². The van der Waals surface area contributed by atoms with Crippen molar-refractivity contribution >= 4 is 18.0 Å². The predicted octanol–water partition coefficient (Wildman–Crippen LogP) is 4.70. The fourth-order valence-corrected chi connectivity index (χ4v) is 6.18. The van der Waals surface area contributed by atoms with Crippen molar-refractivity contribution in [1.82, 2.24) is 0 Å². The van der Waals surface area contributed by atoms with Crippen molar-refractivity contribution in [1.29, 1.82) is 0 Å². The molecule has 0 amide bonds. The Morgan fingerprint density at radius 2 is 2.09 bits per heavy atom. The van der Waals surface area contributed by atoms with E-state index in [1.165, 1.54) is 19.6 Å². The molecule has 0 saturated heterocycles. The highest BCUT2D eigenvalue weighted by atomic mass is 16.5. The van der Waals surface area contributed by atoms with Gasteiger partial charge in [-0.2, -0.15) is 0 Å². The van der Waals surface area contributed by atoms with Gasteiger partial charge in [-0.25, -0.2) is 0 Å². The molecule has 6 heteroatoms. The summed E-state index contributed by atoms with van der Waals surface area (Å²) < 4.78 is 11.1. The quantitative estimate of drug-likeness (QED) is 0.400. The van der Waals surface area contributed by atoms with Gasteiger partial charge in [-0.3, -0.25) is 14.6 Å². The third-order valence-corrected chi connectivity index (χ3v) is 7.71. The Hall–Kier alpha value is -2.89. The fraction of sp³-hybridized carbons (Fsp3) is 0.536. The molecule has 0 spiro atoms. The molecule has 6 nitrogen and oxygen atoms in total. The van der Waals surface area contributed by atoms with Crippen molar-refractivity contribution in [2.45, 2.75) is 52.1 Å². The van der Waals surface area contributed by atoms with Gasteiger partial charge < -0.3 is 14.6 Å². The van der Waals surface area contributed by atoms with E-state index < -0.39 is 6.10 Å². The van der Waals surface area contributed by atoms with Crippen LogP contribution in [0.15, 0.2) is 47.0 Å². The minimum absolute atomic E-state index is 0.0737. The number of benzene rings is 1. The minimum Gasteiger partial charge on any atom is -0.504 e. The Morgan fingerprint density at radius 1 is 1.26 bits per heavy atom. The second kappa shape index (κ2) is 10.6. The fourth-order valence-electron chi connectivity index (χ4n) is 6.18. The van der Waals surface area contributed by atoms with Gasteiger partial charge in [0.2, 0.25) is 0 Å². The molecule has 0 radical (unpaired) electrons. The zero-order valence-corrected chi connectivity index (χ0v) is 20.3. The number of esters is 1. The SMILES string of the molecule is CC[C@@H]1C[C@@H]2C=C[C@H]1[C@@H]([C@H](CC(=O)CCc1ccc(O)c(OC)c1)OC(C)=O)[C@@H]2C1=CCN=C1. The number of carbonyl (C=O) groups is 2. The monoisotopic (exact) mass is 465 g/mol. The highest BCUT2D eigenvalue weighted by molar-refractivity contribution is 5.82. The van der Waals surface area contributed by atoms with Crippen LogP contribution in [0, 0.1) is 29.6 Å². The third-order valence-electron chi connectivity index (χ3n) is 7.71. The number of ketones is 1. The molecule has 0 unspecified atom stereocenters. The molecular weight excluding hydrogens is 430 g/mol. The van der Waals surface area contributed by atoms with E-state index in [4.69, 9.17) is 9.47 Å². The average Bonchev–Trinajstić information content (AvgIpc) is 3.37. The molecule has 1 fully saturated rings. The number of phenolic OH excluding ortho intramolecular Hbond substituents is 1. The largest absolute Gasteiger partial charge is 0.504 e. The first-order chi connectivity index (χ1) is 16.4. The number of fused-ring (bicyclic) bond motifs is 2. The van der Waals surface area contributed by atoms with Crippen LogP contribution in [0.3, 0.4) is 0 Å². The average molecular weight is 466 g/mol. The van der Waals surface area contributed by atoms with Gasteiger partial charge in [0.05, 0.1) is 13.7 Å². The van der Waals surface area contributed by atoms with Crippen LogP contribution in [0.4, 0.5) is 0 Å². The summed E-state index contributed by atoms with van der Waals surface area (Å²) >= 11 is 0. The lowest BCUT2D eigenvalue weighted by molar-refractivity contribution is -0.155. The van der Waals surface area contributed by atoms with Gasteiger partial charge in [0, 0.05) is 31.9 Å². The predicted molar refractivity (Wildman–Crippen MR) is 131 cm³/mol. The van der Waals surface area contributed by atoms with Crippen molar-refractivity contribution in [2.75, 3.05) is 13.7 Å². The smallest absolute Gasteiger partial charge is 0.302 e. The van der Waals surface area contributed by atoms with E-state index in [2.05, 4.69) is 30.1 Å². The Balaban J connectivity index is 1.52. The standard InChI is InChI=1S/C28H35NO5/c1-4-19-14-20-7-9-23(19)28(27(20)21-11-12-29-16-21)26(34-17(2)30)15-22(31)8-5-18-6-10-24(32)25(13-18)33-3/h6-7,9-11,13,16,19-20,23,26-28,32H,4-5,8,12,14-15H2,1-3H3/t19-,20+,23-,26+,27+,28+/m1/s1. The number of hydrogen-bond acceptors (Lipinski definition) is 6. The zero-order chi connectivity index (χ0) is 24.2. The summed E-state index contributed by atoms with van der Waals surface area (Å²) in [7, 11) is 1.50. The second-order valence-corrected chi connectivity index (χ2v) is 9.73. The summed E-state index contributed by atoms with van der Waals surface area (Å²) in [4.78, 5) is 29.7. The molecule has 2 bridgehead atoms. The molecule has 1 heterocycles. The molecule has 5 rings (SSSR count). The van der Waals surface area contributed by atoms with Crippen molar-refractivity contribution < 1.29 is 24.2 Å². The molecule has 1 aromatic rings. The summed E-state index contributed by atoms with van der Waals surface area (Å²) in [6, 6.07) is 5.13. The number of methoxy groups -OCH3 is 1. The number of phenols is 1. The van der Waals surface area contributed by atoms with Gasteiger partial charge in [0.15, 0.2) is 11.5 Å². The number of aliphatic imine (C=N–C) groups is 1. The van der Waals surface area contributed by atoms with Gasteiger partial charge in [-0.05, 0) is 59.8 Å². The molecule has 4 aliphatic rings. The molecule has 0 aromatic heterocycles. The number of nitrogens with zero attached hydrogens (tertiary/aromatic N) is 1. The van der Waals surface area contributed by atoms with Crippen LogP contribution in [-0.2, 0) is 20.7 Å². The van der Waals surface area contributed by atoms with Crippen molar-refractivity contribution in [3.8, 4) is 11.5 Å². The van der Waals surface area contributed by atoms with E-state index in [-0.39, 0.29) is 41.7 Å². The molecule has 1 aliphatic heterocycles. The van der Waals surface area contributed by atoms with Gasteiger partial charge >= 0.3 is 5.97 Å². The first-order valence-corrected chi connectivity index (χ1v) is 12.3. The zero-order valence-electron chi connectivity index (χ0n) is 20.3. The molecule has 1 saturated carbocycles. The maximum absolute atomic E-state index is 13.1. The van der Waals surface area contributed by atoms with Crippen LogP contribution in [0.25, 0.3) is 0 Å². The molecule has 6 atom stereocenters. The number of carbonyl (C=O) groups excluding carboxylic acids is 2. The lowest BCUT2D eigenvalue weighted by Crippen LogP contribution is -2.49. The lowest BCUT2D eigenvalue weighted by Gasteiger charge is -2.51. The minimum atomic E-state index is -0.453. The number of hydrogen-bond donors (Lipinski definition) is 1. The van der Waals surface area contributed by atoms with Gasteiger partial charge in [-0.15, -0.1) is 0 Å². The first-order valence-electron chi connectivity index (χ1n) is 12.3. The molecule has 1 N–H and O–H groups in total. The maximum Gasteiger partial charge on any atom is 0.302 e. The van der Waals surface area contributed by atoms with Crippen LogP contribution < -0.4 is 4.74 Å². The highest BCUT2D eigenvalue weighted by Gasteiger charge is 2.50. The molecular formula is C28H35NO5. The number of Topliss-reactive ketones (excluding diaryl/α,β-unsaturated/α-hetero) is 1. The molecule has 1 aromatic carbocycles. The number of ether oxygens (including phenoxy) is 2. The van der Waals surface area contributed by atoms with E-state index in [1.54, 1.807) is 18.2 Å². The molecule has 182 valence electrons. The van der Waals surface area contributed by atoms with Crippen LogP contribution in [-0.4, -0.2) is 42.8 Å². The first kappa shape index (κ1) is 24.2. The van der Waals surface area contributed by atoms with E-state index in [9.17, 15) is 14.7 Å². The van der Waals surface area contributed by atoms with E-state index in [0.717, 1.165) is 18.4 Å². The van der Waals surface area contributed by atoms with E-state index in [0.29, 0.717) is 37.0 Å². The normalized spacial score (nSPS) is 28.0. The van der Waals surface area contributed by atoms with E-state index in [1.807, 2.05) is 6.21 Å². The maximum atomic E-state index is 13.1. The number of allylic oxidation sites excluding steroid dienone is 3. The molecule has 34 heavy (non-hydrogen) atoms. The number of rotatable bonds is 10. The number of aromatic hydroxyl groups is 1. The number of aryl methyl sites for hydroxylation is 1. The summed E-state index contributed by atoms with van der Waals surface area (Å²) in [6.45, 7) is 4.35. The van der Waals surface area contributed by atoms with Crippen LogP contribution in [0.1, 0.15) is 45.1 Å². The molecule has 3 aliphatic carbocycles. The van der Waals surface area contributed by atoms with E-state index >= 15 is 0 Å². The van der Waals surface area contributed by atoms with Gasteiger partial charge in [-0.1, -0.05) is 37.6 Å². The van der Waals surface area contributed by atoms with Gasteiger partial charge in [0.1, 0.15) is 11.9 Å². The Labute approximate surface area is 201 Å². The Kier molecular flexibility index (Phi) is 7.54. The summed E-state index contributed by atoms with van der Waals surface area (Å²) in [5.74, 6) is 1.71. The summed E-state index contributed by atoms with van der Waals surface area (Å²) in [5, 5.41) is 9.81. The highest BCUT2D eigenvalue weighted by Crippen LogP contribution is 2.53. The van der Waals surface area contributed by atoms with Crippen LogP contribution >= 0.6 is 0 Å². The Bertz CT molecular complexity index is 1010. The van der Waals surface area contributed by atoms with Crippen molar-refractivity contribution in [2.24, 2.45) is 34.6 Å². The topological polar surface area (TPSA) is 85.2 Å². The van der Waals surface area contributed by atoms with Crippen molar-refractivity contribution in [3.05, 3.63) is 47.6 Å². The Morgan fingerprint density at radius 3 is 2.76 bits per heavy atom. The third kappa shape index (κ3) is 5.11. The summed E-state index contributed by atoms with van der Waals surface area (Å²) in [6.07, 6.45) is 11.6. The second-order valence-electron chi connectivity index (χ2n) is 9.73. The summed E-state index contributed by atoms with van der Waals surface area (Å²) in [5.41, 5.74) is 2.14.